The molecule has 1 saturated heterocycles. The number of carbonyl (C=O) groups is 1. The van der Waals surface area contributed by atoms with Gasteiger partial charge in [0.15, 0.2) is 11.5 Å². The van der Waals surface area contributed by atoms with Crippen molar-refractivity contribution in [3.63, 3.8) is 0 Å². The first-order valence-electron chi connectivity index (χ1n) is 11.2. The Hall–Kier alpha value is -3.77. The molecule has 1 N–H and O–H groups in total. The zero-order chi connectivity index (χ0) is 25.9. The van der Waals surface area contributed by atoms with Crippen molar-refractivity contribution in [2.45, 2.75) is 6.18 Å². The maximum absolute atomic E-state index is 13.2. The first kappa shape index (κ1) is 25.3. The van der Waals surface area contributed by atoms with Gasteiger partial charge in [-0.05, 0) is 31.3 Å². The Labute approximate surface area is 204 Å². The lowest BCUT2D eigenvalue weighted by atomic mass is 10.1. The molecule has 0 saturated carbocycles. The second-order valence-corrected chi connectivity index (χ2v) is 8.45. The molecule has 0 atom stereocenters. The van der Waals surface area contributed by atoms with Gasteiger partial charge >= 0.3 is 6.18 Å². The van der Waals surface area contributed by atoms with Crippen molar-refractivity contribution in [1.82, 2.24) is 20.1 Å². The Morgan fingerprint density at radius 3 is 2.56 bits per heavy atom. The highest BCUT2D eigenvalue weighted by atomic mass is 19.4. The summed E-state index contributed by atoms with van der Waals surface area (Å²) in [5, 5.41) is 14.3. The van der Waals surface area contributed by atoms with Crippen LogP contribution >= 0.6 is 0 Å². The van der Waals surface area contributed by atoms with Crippen molar-refractivity contribution >= 4 is 11.6 Å². The molecular formula is C24H24F3N5O4. The normalized spacial score (nSPS) is 15.1. The number of likely N-dealkylation sites (N-methyl/N-ethyl adjacent to an activating group) is 1. The SMILES string of the molecule is CN1CCN(CCNC(=O)c2nc(-c3cccc(C(F)(F)F)c3)oc2-c2ccccc2[N+](=O)[O-])CC1. The summed E-state index contributed by atoms with van der Waals surface area (Å²) in [6.45, 7) is 4.44. The molecule has 3 aromatic rings. The van der Waals surface area contributed by atoms with E-state index in [-0.39, 0.29) is 34.2 Å². The number of nitro groups is 1. The molecule has 0 spiro atoms. The zero-order valence-electron chi connectivity index (χ0n) is 19.4. The van der Waals surface area contributed by atoms with Gasteiger partial charge in [-0.3, -0.25) is 19.8 Å². The van der Waals surface area contributed by atoms with Gasteiger partial charge in [0.2, 0.25) is 5.89 Å². The van der Waals surface area contributed by atoms with Gasteiger partial charge in [0.25, 0.3) is 11.6 Å². The summed E-state index contributed by atoms with van der Waals surface area (Å²) >= 11 is 0. The maximum atomic E-state index is 13.2. The topological polar surface area (TPSA) is 105 Å². The molecule has 2 aromatic carbocycles. The monoisotopic (exact) mass is 503 g/mol. The van der Waals surface area contributed by atoms with E-state index >= 15 is 0 Å². The number of aromatic nitrogens is 1. The second kappa shape index (κ2) is 10.5. The van der Waals surface area contributed by atoms with E-state index in [1.54, 1.807) is 0 Å². The minimum atomic E-state index is -4.59. The molecule has 1 aliphatic rings. The van der Waals surface area contributed by atoms with Gasteiger partial charge in [-0.2, -0.15) is 13.2 Å². The van der Waals surface area contributed by atoms with Gasteiger partial charge in [-0.25, -0.2) is 4.98 Å². The standard InChI is InChI=1S/C24H24F3N5O4/c1-30-11-13-31(14-12-30)10-9-28-22(33)20-21(18-7-2-3-8-19(18)32(34)35)36-23(29-20)16-5-4-6-17(15-16)24(25,26)27/h2-8,15H,9-14H2,1H3,(H,28,33). The maximum Gasteiger partial charge on any atom is 0.416 e. The number of rotatable bonds is 7. The van der Waals surface area contributed by atoms with Crippen LogP contribution in [0.2, 0.25) is 0 Å². The molecule has 0 unspecified atom stereocenters. The van der Waals surface area contributed by atoms with Gasteiger partial charge in [0, 0.05) is 50.9 Å². The highest BCUT2D eigenvalue weighted by Gasteiger charge is 2.32. The van der Waals surface area contributed by atoms with Crippen molar-refractivity contribution in [3.05, 3.63) is 69.9 Å². The molecule has 4 rings (SSSR count). The molecule has 36 heavy (non-hydrogen) atoms. The Balaban J connectivity index is 1.65. The fraction of sp³-hybridized carbons (Fsp3) is 0.333. The lowest BCUT2D eigenvalue weighted by Gasteiger charge is -2.32. The quantitative estimate of drug-likeness (QED) is 0.385. The van der Waals surface area contributed by atoms with Crippen molar-refractivity contribution in [2.75, 3.05) is 46.3 Å². The Bertz CT molecular complexity index is 1250. The largest absolute Gasteiger partial charge is 0.435 e. The van der Waals surface area contributed by atoms with Crippen LogP contribution in [0.5, 0.6) is 0 Å². The number of nitrogens with zero attached hydrogens (tertiary/aromatic N) is 4. The van der Waals surface area contributed by atoms with Gasteiger partial charge < -0.3 is 14.6 Å². The highest BCUT2D eigenvalue weighted by molar-refractivity contribution is 5.99. The van der Waals surface area contributed by atoms with Crippen LogP contribution in [0.1, 0.15) is 16.1 Å². The number of para-hydroxylation sites is 1. The van der Waals surface area contributed by atoms with Crippen LogP contribution in [0.3, 0.4) is 0 Å². The van der Waals surface area contributed by atoms with E-state index in [0.29, 0.717) is 13.1 Å². The van der Waals surface area contributed by atoms with Crippen molar-refractivity contribution in [2.24, 2.45) is 0 Å². The van der Waals surface area contributed by atoms with Crippen molar-refractivity contribution in [3.8, 4) is 22.8 Å². The summed E-state index contributed by atoms with van der Waals surface area (Å²) in [4.78, 5) is 32.6. The summed E-state index contributed by atoms with van der Waals surface area (Å²) in [5.74, 6) is -1.08. The molecule has 0 bridgehead atoms. The first-order chi connectivity index (χ1) is 17.1. The summed E-state index contributed by atoms with van der Waals surface area (Å²) in [6.07, 6.45) is -4.59. The number of piperazine rings is 1. The first-order valence-corrected chi connectivity index (χ1v) is 11.2. The molecule has 1 amide bonds. The average Bonchev–Trinajstić information content (AvgIpc) is 3.30. The third kappa shape index (κ3) is 5.71. The van der Waals surface area contributed by atoms with Crippen LogP contribution in [0, 0.1) is 10.1 Å². The Morgan fingerprint density at radius 1 is 1.14 bits per heavy atom. The molecule has 1 aliphatic heterocycles. The number of amides is 1. The number of carbonyl (C=O) groups excluding carboxylic acids is 1. The van der Waals surface area contributed by atoms with Gasteiger partial charge in [0.05, 0.1) is 16.1 Å². The molecular weight excluding hydrogens is 479 g/mol. The lowest BCUT2D eigenvalue weighted by Crippen LogP contribution is -2.46. The highest BCUT2D eigenvalue weighted by Crippen LogP contribution is 2.37. The number of alkyl halides is 3. The van der Waals surface area contributed by atoms with E-state index in [4.69, 9.17) is 4.42 Å². The van der Waals surface area contributed by atoms with E-state index in [1.165, 1.54) is 36.4 Å². The van der Waals surface area contributed by atoms with Crippen molar-refractivity contribution < 1.29 is 27.3 Å². The molecule has 190 valence electrons. The second-order valence-electron chi connectivity index (χ2n) is 8.45. The number of hydrogen-bond donors (Lipinski definition) is 1. The Kier molecular flexibility index (Phi) is 7.36. The molecule has 9 nitrogen and oxygen atoms in total. The predicted octanol–water partition coefficient (Wildman–Crippen LogP) is 3.91. The Morgan fingerprint density at radius 2 is 1.86 bits per heavy atom. The molecule has 1 fully saturated rings. The van der Waals surface area contributed by atoms with Crippen LogP contribution in [0.25, 0.3) is 22.8 Å². The number of benzene rings is 2. The van der Waals surface area contributed by atoms with Crippen LogP contribution in [0.4, 0.5) is 18.9 Å². The van der Waals surface area contributed by atoms with E-state index in [9.17, 15) is 28.1 Å². The smallest absolute Gasteiger partial charge is 0.416 e. The molecule has 0 aliphatic carbocycles. The predicted molar refractivity (Wildman–Crippen MR) is 125 cm³/mol. The van der Waals surface area contributed by atoms with E-state index in [0.717, 1.165) is 38.3 Å². The third-order valence-corrected chi connectivity index (χ3v) is 5.93. The van der Waals surface area contributed by atoms with Gasteiger partial charge in [-0.15, -0.1) is 0 Å². The lowest BCUT2D eigenvalue weighted by molar-refractivity contribution is -0.384. The van der Waals surface area contributed by atoms with E-state index < -0.39 is 22.6 Å². The number of oxazole rings is 1. The minimum absolute atomic E-state index is 0.00237. The summed E-state index contributed by atoms with van der Waals surface area (Å²) in [6, 6.07) is 9.95. The molecule has 1 aromatic heterocycles. The van der Waals surface area contributed by atoms with Crippen molar-refractivity contribution in [1.29, 1.82) is 0 Å². The molecule has 2 heterocycles. The average molecular weight is 503 g/mol. The van der Waals surface area contributed by atoms with E-state index in [2.05, 4.69) is 20.1 Å². The molecule has 12 heteroatoms. The number of hydrogen-bond acceptors (Lipinski definition) is 7. The van der Waals surface area contributed by atoms with Crippen LogP contribution in [-0.4, -0.2) is 71.9 Å². The van der Waals surface area contributed by atoms with Crippen LogP contribution in [0.15, 0.2) is 52.9 Å². The zero-order valence-corrected chi connectivity index (χ0v) is 19.4. The van der Waals surface area contributed by atoms with E-state index in [1.807, 2.05) is 7.05 Å². The summed E-state index contributed by atoms with van der Waals surface area (Å²) in [5.41, 5.74) is -1.49. The number of halogens is 3. The number of nitro benzene ring substituents is 1. The molecule has 0 radical (unpaired) electrons. The van der Waals surface area contributed by atoms with Gasteiger partial charge in [0.1, 0.15) is 0 Å². The summed E-state index contributed by atoms with van der Waals surface area (Å²) < 4.78 is 45.4. The van der Waals surface area contributed by atoms with Crippen LogP contribution in [-0.2, 0) is 6.18 Å². The van der Waals surface area contributed by atoms with Crippen LogP contribution < -0.4 is 5.32 Å². The van der Waals surface area contributed by atoms with Gasteiger partial charge in [-0.1, -0.05) is 18.2 Å². The fourth-order valence-corrected chi connectivity index (χ4v) is 3.92. The fourth-order valence-electron chi connectivity index (χ4n) is 3.92. The number of nitrogens with one attached hydrogen (secondary N) is 1. The summed E-state index contributed by atoms with van der Waals surface area (Å²) in [7, 11) is 2.04. The minimum Gasteiger partial charge on any atom is -0.435 e. The third-order valence-electron chi connectivity index (χ3n) is 5.93.